The Labute approximate surface area is 254 Å². The lowest BCUT2D eigenvalue weighted by Crippen LogP contribution is -2.47. The third-order valence-corrected chi connectivity index (χ3v) is 7.57. The Morgan fingerprint density at radius 3 is 2.45 bits per heavy atom. The number of carbonyl (C=O) groups is 1. The third-order valence-electron chi connectivity index (χ3n) is 7.57. The van der Waals surface area contributed by atoms with Gasteiger partial charge in [0.1, 0.15) is 24.6 Å². The van der Waals surface area contributed by atoms with E-state index in [4.69, 9.17) is 9.47 Å². The van der Waals surface area contributed by atoms with Crippen molar-refractivity contribution in [2.75, 3.05) is 58.9 Å². The summed E-state index contributed by atoms with van der Waals surface area (Å²) in [5, 5.41) is 8.67. The summed E-state index contributed by atoms with van der Waals surface area (Å²) in [6.45, 7) is 5.47. The van der Waals surface area contributed by atoms with Crippen molar-refractivity contribution in [2.45, 2.75) is 6.92 Å². The number of halogens is 1. The number of benzene rings is 3. The summed E-state index contributed by atoms with van der Waals surface area (Å²) < 4.78 is 26.8. The van der Waals surface area contributed by atoms with E-state index in [9.17, 15) is 9.18 Å². The summed E-state index contributed by atoms with van der Waals surface area (Å²) in [7, 11) is 3.62. The second-order valence-corrected chi connectivity index (χ2v) is 10.6. The molecule has 1 N–H and O–H groups in total. The zero-order valence-corrected chi connectivity index (χ0v) is 24.8. The zero-order valence-electron chi connectivity index (χ0n) is 24.8. The predicted molar refractivity (Wildman–Crippen MR) is 165 cm³/mol. The van der Waals surface area contributed by atoms with Crippen molar-refractivity contribution in [2.24, 2.45) is 0 Å². The number of fused-ring (bicyclic) bond motifs is 1. The summed E-state index contributed by atoms with van der Waals surface area (Å²) in [6, 6.07) is 18.2. The fourth-order valence-corrected chi connectivity index (χ4v) is 5.07. The molecule has 0 unspecified atom stereocenters. The zero-order chi connectivity index (χ0) is 30.6. The Hall–Kier alpha value is -4.94. The van der Waals surface area contributed by atoms with E-state index in [0.717, 1.165) is 40.9 Å². The minimum Gasteiger partial charge on any atom is -0.488 e. The molecular formula is C32H33FN8O3. The molecule has 0 saturated carbocycles. The van der Waals surface area contributed by atoms with Crippen LogP contribution in [0.25, 0.3) is 27.7 Å². The molecular weight excluding hydrogens is 563 g/mol. The summed E-state index contributed by atoms with van der Waals surface area (Å²) in [6.07, 6.45) is 1.50. The van der Waals surface area contributed by atoms with Crippen molar-refractivity contribution < 1.29 is 18.7 Å². The number of aromatic nitrogens is 5. The van der Waals surface area contributed by atoms with Crippen LogP contribution >= 0.6 is 0 Å². The van der Waals surface area contributed by atoms with Gasteiger partial charge in [0, 0.05) is 44.4 Å². The highest BCUT2D eigenvalue weighted by atomic mass is 19.1. The molecule has 0 spiro atoms. The van der Waals surface area contributed by atoms with E-state index in [2.05, 4.69) is 30.3 Å². The van der Waals surface area contributed by atoms with Gasteiger partial charge >= 0.3 is 0 Å². The molecule has 44 heavy (non-hydrogen) atoms. The summed E-state index contributed by atoms with van der Waals surface area (Å²) in [5.74, 6) is 1.03. The highest BCUT2D eigenvalue weighted by Crippen LogP contribution is 2.31. The number of aryl methyl sites for hydroxylation is 1. The normalized spacial score (nSPS) is 13.8. The maximum atomic E-state index is 14.7. The number of amides is 1. The molecule has 0 radical (unpaired) electrons. The first-order valence-corrected chi connectivity index (χ1v) is 14.3. The third kappa shape index (κ3) is 6.21. The van der Waals surface area contributed by atoms with Crippen LogP contribution in [0.1, 0.15) is 16.4 Å². The smallest absolute Gasteiger partial charge is 0.293 e. The Morgan fingerprint density at radius 2 is 1.70 bits per heavy atom. The monoisotopic (exact) mass is 596 g/mol. The second kappa shape index (κ2) is 12.7. The molecule has 226 valence electrons. The molecule has 0 aliphatic carbocycles. The average molecular weight is 597 g/mol. The van der Waals surface area contributed by atoms with Crippen LogP contribution in [-0.2, 0) is 4.74 Å². The first-order chi connectivity index (χ1) is 21.4. The molecule has 12 heteroatoms. The van der Waals surface area contributed by atoms with Gasteiger partial charge in [-0.05, 0) is 73.6 Å². The number of ether oxygens (including phenoxy) is 2. The molecule has 1 fully saturated rings. The van der Waals surface area contributed by atoms with E-state index in [1.807, 2.05) is 62.5 Å². The quantitative estimate of drug-likeness (QED) is 0.246. The van der Waals surface area contributed by atoms with Gasteiger partial charge in [-0.15, -0.1) is 5.10 Å². The Balaban J connectivity index is 1.20. The lowest BCUT2D eigenvalue weighted by Gasteiger charge is -2.31. The fourth-order valence-electron chi connectivity index (χ4n) is 5.07. The number of piperazine rings is 1. The van der Waals surface area contributed by atoms with Crippen molar-refractivity contribution in [3.05, 3.63) is 84.5 Å². The highest BCUT2D eigenvalue weighted by Gasteiger charge is 2.24. The first kappa shape index (κ1) is 29.1. The number of carbonyl (C=O) groups excluding carboxylic acids is 1. The van der Waals surface area contributed by atoms with Gasteiger partial charge in [-0.1, -0.05) is 12.1 Å². The van der Waals surface area contributed by atoms with Crippen molar-refractivity contribution in [1.29, 1.82) is 0 Å². The first-order valence-electron chi connectivity index (χ1n) is 14.3. The Kier molecular flexibility index (Phi) is 8.44. The maximum absolute atomic E-state index is 14.7. The summed E-state index contributed by atoms with van der Waals surface area (Å²) in [5.41, 5.74) is 3.85. The van der Waals surface area contributed by atoms with E-state index in [0.29, 0.717) is 36.9 Å². The van der Waals surface area contributed by atoms with E-state index in [1.165, 1.54) is 12.4 Å². The van der Waals surface area contributed by atoms with E-state index in [-0.39, 0.29) is 24.1 Å². The van der Waals surface area contributed by atoms with Crippen LogP contribution in [0, 0.1) is 12.7 Å². The van der Waals surface area contributed by atoms with Crippen LogP contribution in [0.4, 0.5) is 15.9 Å². The summed E-state index contributed by atoms with van der Waals surface area (Å²) >= 11 is 0. The number of likely N-dealkylation sites (N-methyl/N-ethyl adjacent to an activating group) is 1. The lowest BCUT2D eigenvalue weighted by atomic mass is 10.0. The standard InChI is InChI=1S/C32H33FN8O3/c1-21-36-31(32(42)40-14-12-39(2)13-15-40)38-41(21)25-8-6-24(7-9-25)37-30-26-18-22(4-10-28(26)34-20-35-30)23-5-11-29(27(33)19-23)44-17-16-43-3/h4-11,18-20H,12-17H2,1-3H3,(H,34,35,37). The fraction of sp³-hybridized carbons (Fsp3) is 0.281. The van der Waals surface area contributed by atoms with Gasteiger partial charge in [0.25, 0.3) is 5.91 Å². The molecule has 1 amide bonds. The van der Waals surface area contributed by atoms with Crippen molar-refractivity contribution in [1.82, 2.24) is 34.5 Å². The molecule has 3 heterocycles. The number of methoxy groups -OCH3 is 1. The van der Waals surface area contributed by atoms with E-state index in [1.54, 1.807) is 22.8 Å². The van der Waals surface area contributed by atoms with Crippen LogP contribution < -0.4 is 10.1 Å². The minimum atomic E-state index is -0.445. The molecule has 5 aromatic rings. The molecule has 0 bridgehead atoms. The van der Waals surface area contributed by atoms with Gasteiger partial charge in [0.05, 0.1) is 17.8 Å². The molecule has 1 aliphatic heterocycles. The van der Waals surface area contributed by atoms with Gasteiger partial charge in [-0.2, -0.15) is 0 Å². The van der Waals surface area contributed by atoms with Crippen molar-refractivity contribution >= 4 is 28.3 Å². The largest absolute Gasteiger partial charge is 0.488 e. The summed E-state index contributed by atoms with van der Waals surface area (Å²) in [4.78, 5) is 30.3. The topological polar surface area (TPSA) is 111 Å². The SMILES string of the molecule is COCCOc1ccc(-c2ccc3ncnc(Nc4ccc(-n5nc(C(=O)N6CCN(C)CC6)nc5C)cc4)c3c2)cc1F. The number of hydrogen-bond donors (Lipinski definition) is 1. The minimum absolute atomic E-state index is 0.151. The van der Waals surface area contributed by atoms with Crippen molar-refractivity contribution in [3.8, 4) is 22.6 Å². The maximum Gasteiger partial charge on any atom is 0.293 e. The second-order valence-electron chi connectivity index (χ2n) is 10.6. The molecule has 11 nitrogen and oxygen atoms in total. The molecule has 6 rings (SSSR count). The van der Waals surface area contributed by atoms with Crippen LogP contribution in [0.5, 0.6) is 5.75 Å². The molecule has 1 saturated heterocycles. The van der Waals surface area contributed by atoms with Gasteiger partial charge < -0.3 is 24.6 Å². The van der Waals surface area contributed by atoms with Crippen LogP contribution in [-0.4, -0.2) is 94.0 Å². The average Bonchev–Trinajstić information content (AvgIpc) is 3.43. The number of nitrogens with zero attached hydrogens (tertiary/aromatic N) is 7. The number of nitrogens with one attached hydrogen (secondary N) is 1. The highest BCUT2D eigenvalue weighted by molar-refractivity contribution is 5.94. The van der Waals surface area contributed by atoms with Crippen LogP contribution in [0.2, 0.25) is 0 Å². The van der Waals surface area contributed by atoms with Crippen LogP contribution in [0.15, 0.2) is 67.0 Å². The van der Waals surface area contributed by atoms with Crippen molar-refractivity contribution in [3.63, 3.8) is 0 Å². The number of hydrogen-bond acceptors (Lipinski definition) is 9. The van der Waals surface area contributed by atoms with Gasteiger partial charge in [0.2, 0.25) is 5.82 Å². The Bertz CT molecular complexity index is 1780. The van der Waals surface area contributed by atoms with Gasteiger partial charge in [-0.25, -0.2) is 24.0 Å². The van der Waals surface area contributed by atoms with E-state index < -0.39 is 5.82 Å². The Morgan fingerprint density at radius 1 is 0.955 bits per heavy atom. The molecule has 1 aliphatic rings. The van der Waals surface area contributed by atoms with Gasteiger partial charge in [-0.3, -0.25) is 4.79 Å². The lowest BCUT2D eigenvalue weighted by molar-refractivity contribution is 0.0652. The molecule has 3 aromatic carbocycles. The van der Waals surface area contributed by atoms with E-state index >= 15 is 0 Å². The number of anilines is 2. The molecule has 0 atom stereocenters. The number of rotatable bonds is 9. The van der Waals surface area contributed by atoms with Gasteiger partial charge in [0.15, 0.2) is 11.6 Å². The predicted octanol–water partition coefficient (Wildman–Crippen LogP) is 4.48. The molecule has 2 aromatic heterocycles. The van der Waals surface area contributed by atoms with Crippen LogP contribution in [0.3, 0.4) is 0 Å².